The molecule has 2 aliphatic rings. The van der Waals surface area contributed by atoms with Crippen molar-refractivity contribution in [3.05, 3.63) is 0 Å². The van der Waals surface area contributed by atoms with Crippen molar-refractivity contribution in [1.82, 2.24) is 5.32 Å². The SMILES string of the molecule is CC1CCCC(OCC(O)CNC2CCS(=O)(=O)CC2)C1. The topological polar surface area (TPSA) is 75.6 Å². The number of sulfone groups is 1. The van der Waals surface area contributed by atoms with E-state index < -0.39 is 15.9 Å². The fraction of sp³-hybridized carbons (Fsp3) is 1.00. The minimum absolute atomic E-state index is 0.206. The highest BCUT2D eigenvalue weighted by Gasteiger charge is 2.24. The van der Waals surface area contributed by atoms with E-state index in [0.29, 0.717) is 32.1 Å². The molecule has 3 atom stereocenters. The zero-order valence-electron chi connectivity index (χ0n) is 13.0. The third kappa shape index (κ3) is 6.22. The molecule has 3 unspecified atom stereocenters. The van der Waals surface area contributed by atoms with Gasteiger partial charge in [-0.05, 0) is 31.6 Å². The summed E-state index contributed by atoms with van der Waals surface area (Å²) < 4.78 is 28.5. The molecule has 1 saturated heterocycles. The molecule has 2 N–H and O–H groups in total. The summed E-state index contributed by atoms with van der Waals surface area (Å²) in [5.74, 6) is 1.25. The van der Waals surface area contributed by atoms with Crippen molar-refractivity contribution >= 4 is 9.84 Å². The normalized spacial score (nSPS) is 31.9. The molecule has 2 fully saturated rings. The van der Waals surface area contributed by atoms with E-state index in [2.05, 4.69) is 12.2 Å². The third-order valence-electron chi connectivity index (χ3n) is 4.61. The van der Waals surface area contributed by atoms with Crippen LogP contribution in [0.25, 0.3) is 0 Å². The predicted octanol–water partition coefficient (Wildman–Crippen LogP) is 1.11. The maximum absolute atomic E-state index is 11.3. The van der Waals surface area contributed by atoms with Crippen LogP contribution in [0, 0.1) is 5.92 Å². The Kier molecular flexibility index (Phi) is 6.47. The molecule has 2 rings (SSSR count). The summed E-state index contributed by atoms with van der Waals surface area (Å²) in [7, 11) is -2.81. The van der Waals surface area contributed by atoms with Gasteiger partial charge in [-0.3, -0.25) is 0 Å². The molecule has 0 bridgehead atoms. The summed E-state index contributed by atoms with van der Waals surface area (Å²) in [4.78, 5) is 0. The third-order valence-corrected chi connectivity index (χ3v) is 6.32. The van der Waals surface area contributed by atoms with Gasteiger partial charge in [0.15, 0.2) is 0 Å². The van der Waals surface area contributed by atoms with Gasteiger partial charge in [0.1, 0.15) is 9.84 Å². The van der Waals surface area contributed by atoms with E-state index in [1.165, 1.54) is 12.8 Å². The quantitative estimate of drug-likeness (QED) is 0.767. The molecule has 5 nitrogen and oxygen atoms in total. The molecule has 1 aliphatic heterocycles. The van der Waals surface area contributed by atoms with Crippen molar-refractivity contribution in [3.63, 3.8) is 0 Å². The summed E-state index contributed by atoms with van der Waals surface area (Å²) >= 11 is 0. The van der Waals surface area contributed by atoms with Gasteiger partial charge in [0.2, 0.25) is 0 Å². The number of hydrogen-bond donors (Lipinski definition) is 2. The molecule has 0 radical (unpaired) electrons. The Morgan fingerprint density at radius 3 is 2.62 bits per heavy atom. The average molecular weight is 319 g/mol. The standard InChI is InChI=1S/C15H29NO4S/c1-12-3-2-4-15(9-12)20-11-14(17)10-16-13-5-7-21(18,19)8-6-13/h12-17H,2-11H2,1H3. The second-order valence-corrected chi connectivity index (χ2v) is 9.02. The first-order valence-corrected chi connectivity index (χ1v) is 10.0. The highest BCUT2D eigenvalue weighted by molar-refractivity contribution is 7.91. The molecule has 21 heavy (non-hydrogen) atoms. The molecule has 0 spiro atoms. The first-order valence-electron chi connectivity index (χ1n) is 8.18. The maximum Gasteiger partial charge on any atom is 0.150 e. The first kappa shape index (κ1) is 17.2. The van der Waals surface area contributed by atoms with Gasteiger partial charge in [-0.1, -0.05) is 19.8 Å². The van der Waals surface area contributed by atoms with Gasteiger partial charge in [0.05, 0.1) is 30.3 Å². The van der Waals surface area contributed by atoms with E-state index in [1.54, 1.807) is 0 Å². The van der Waals surface area contributed by atoms with Crippen LogP contribution in [0.3, 0.4) is 0 Å². The van der Waals surface area contributed by atoms with Crippen LogP contribution in [-0.2, 0) is 14.6 Å². The van der Waals surface area contributed by atoms with E-state index >= 15 is 0 Å². The smallest absolute Gasteiger partial charge is 0.150 e. The summed E-state index contributed by atoms with van der Waals surface area (Å²) in [6.07, 6.45) is 5.78. The minimum atomic E-state index is -2.81. The fourth-order valence-electron chi connectivity index (χ4n) is 3.23. The van der Waals surface area contributed by atoms with E-state index in [0.717, 1.165) is 18.8 Å². The summed E-state index contributed by atoms with van der Waals surface area (Å²) in [6.45, 7) is 3.10. The highest BCUT2D eigenvalue weighted by atomic mass is 32.2. The first-order chi connectivity index (χ1) is 9.94. The molecule has 0 aromatic rings. The Hall–Kier alpha value is -0.170. The van der Waals surface area contributed by atoms with E-state index in [1.807, 2.05) is 0 Å². The molecule has 124 valence electrons. The van der Waals surface area contributed by atoms with Crippen LogP contribution in [0.15, 0.2) is 0 Å². The number of aliphatic hydroxyl groups excluding tert-OH is 1. The molecule has 1 heterocycles. The summed E-state index contributed by atoms with van der Waals surface area (Å²) in [6, 6.07) is 0.206. The zero-order chi connectivity index (χ0) is 15.3. The molecule has 1 aliphatic carbocycles. The average Bonchev–Trinajstić information content (AvgIpc) is 2.44. The minimum Gasteiger partial charge on any atom is -0.389 e. The zero-order valence-corrected chi connectivity index (χ0v) is 13.8. The van der Waals surface area contributed by atoms with Gasteiger partial charge in [-0.2, -0.15) is 0 Å². The lowest BCUT2D eigenvalue weighted by molar-refractivity contribution is -0.0312. The second-order valence-electron chi connectivity index (χ2n) is 6.72. The van der Waals surface area contributed by atoms with Gasteiger partial charge in [-0.15, -0.1) is 0 Å². The van der Waals surface area contributed by atoms with Crippen molar-refractivity contribution < 1.29 is 18.3 Å². The Morgan fingerprint density at radius 2 is 1.95 bits per heavy atom. The second kappa shape index (κ2) is 7.90. The van der Waals surface area contributed by atoms with Crippen LogP contribution in [-0.4, -0.2) is 56.4 Å². The number of hydrogen-bond acceptors (Lipinski definition) is 5. The van der Waals surface area contributed by atoms with Crippen LogP contribution in [0.4, 0.5) is 0 Å². The van der Waals surface area contributed by atoms with Gasteiger partial charge in [0.25, 0.3) is 0 Å². The number of aliphatic hydroxyl groups is 1. The number of ether oxygens (including phenoxy) is 1. The van der Waals surface area contributed by atoms with Crippen molar-refractivity contribution in [3.8, 4) is 0 Å². The van der Waals surface area contributed by atoms with Gasteiger partial charge in [-0.25, -0.2) is 8.42 Å². The van der Waals surface area contributed by atoms with Gasteiger partial charge >= 0.3 is 0 Å². The molecule has 1 saturated carbocycles. The molecular weight excluding hydrogens is 290 g/mol. The highest BCUT2D eigenvalue weighted by Crippen LogP contribution is 2.25. The van der Waals surface area contributed by atoms with Crippen molar-refractivity contribution in [2.75, 3.05) is 24.7 Å². The Bertz CT molecular complexity index is 398. The van der Waals surface area contributed by atoms with Crippen LogP contribution in [0.5, 0.6) is 0 Å². The number of rotatable bonds is 6. The van der Waals surface area contributed by atoms with Gasteiger partial charge in [0, 0.05) is 12.6 Å². The van der Waals surface area contributed by atoms with E-state index in [9.17, 15) is 13.5 Å². The lowest BCUT2D eigenvalue weighted by Crippen LogP contribution is -2.42. The van der Waals surface area contributed by atoms with Crippen LogP contribution in [0.2, 0.25) is 0 Å². The Labute approximate surface area is 128 Å². The molecular formula is C15H29NO4S. The molecule has 0 aromatic heterocycles. The molecule has 0 amide bonds. The lowest BCUT2D eigenvalue weighted by atomic mass is 9.89. The summed E-state index contributed by atoms with van der Waals surface area (Å²) in [5, 5.41) is 13.2. The Morgan fingerprint density at radius 1 is 1.24 bits per heavy atom. The Balaban J connectivity index is 1.58. The van der Waals surface area contributed by atoms with Crippen LogP contribution >= 0.6 is 0 Å². The largest absolute Gasteiger partial charge is 0.389 e. The van der Waals surface area contributed by atoms with Crippen LogP contribution in [0.1, 0.15) is 45.4 Å². The summed E-state index contributed by atoms with van der Waals surface area (Å²) in [5.41, 5.74) is 0. The van der Waals surface area contributed by atoms with E-state index in [4.69, 9.17) is 4.74 Å². The number of nitrogens with one attached hydrogen (secondary N) is 1. The van der Waals surface area contributed by atoms with Crippen molar-refractivity contribution in [2.24, 2.45) is 5.92 Å². The van der Waals surface area contributed by atoms with Crippen molar-refractivity contribution in [2.45, 2.75) is 63.7 Å². The maximum atomic E-state index is 11.3. The van der Waals surface area contributed by atoms with Gasteiger partial charge < -0.3 is 15.2 Å². The predicted molar refractivity (Wildman–Crippen MR) is 83.1 cm³/mol. The molecule has 0 aromatic carbocycles. The monoisotopic (exact) mass is 319 g/mol. The van der Waals surface area contributed by atoms with E-state index in [-0.39, 0.29) is 17.5 Å². The molecule has 6 heteroatoms. The van der Waals surface area contributed by atoms with Crippen LogP contribution < -0.4 is 5.32 Å². The lowest BCUT2D eigenvalue weighted by Gasteiger charge is -2.28. The van der Waals surface area contributed by atoms with Crippen molar-refractivity contribution in [1.29, 1.82) is 0 Å². The fourth-order valence-corrected chi connectivity index (χ4v) is 4.72.